The molecule has 0 saturated heterocycles. The Morgan fingerprint density at radius 2 is 2.22 bits per heavy atom. The van der Waals surface area contributed by atoms with E-state index in [1.165, 1.54) is 11.8 Å². The van der Waals surface area contributed by atoms with E-state index in [1.807, 2.05) is 6.07 Å². The summed E-state index contributed by atoms with van der Waals surface area (Å²) in [5, 5.41) is 4.42. The molecule has 0 radical (unpaired) electrons. The van der Waals surface area contributed by atoms with Gasteiger partial charge >= 0.3 is 0 Å². The molecule has 2 aromatic heterocycles. The third-order valence-corrected chi connectivity index (χ3v) is 3.14. The molecule has 0 atom stereocenters. The third kappa shape index (κ3) is 2.54. The Hall–Kier alpha value is -1.40. The van der Waals surface area contributed by atoms with Crippen molar-refractivity contribution < 1.29 is 4.79 Å². The number of carbonyl (C=O) groups is 1. The Kier molecular flexibility index (Phi) is 3.68. The van der Waals surface area contributed by atoms with Gasteiger partial charge in [0.15, 0.2) is 5.15 Å². The average Bonchev–Trinajstić information content (AvgIpc) is 2.70. The molecule has 94 valence electrons. The standard InChI is InChI=1S/C11H10BrClN4O/c1-7(18)16(2)10-6-17(15-11(10)13)9-3-8(12)4-14-5-9/h3-6H,1-2H3. The lowest BCUT2D eigenvalue weighted by atomic mass is 10.4. The molecule has 0 saturated carbocycles. The zero-order chi connectivity index (χ0) is 13.3. The number of rotatable bonds is 2. The molecule has 0 unspecified atom stereocenters. The predicted molar refractivity (Wildman–Crippen MR) is 73.2 cm³/mol. The minimum atomic E-state index is -0.108. The van der Waals surface area contributed by atoms with Gasteiger partial charge in [0.25, 0.3) is 0 Å². The minimum absolute atomic E-state index is 0.108. The van der Waals surface area contributed by atoms with Crippen molar-refractivity contribution in [2.75, 3.05) is 11.9 Å². The van der Waals surface area contributed by atoms with E-state index in [9.17, 15) is 4.79 Å². The van der Waals surface area contributed by atoms with Crippen LogP contribution in [0, 0.1) is 0 Å². The molecule has 2 rings (SSSR count). The molecule has 1 amide bonds. The lowest BCUT2D eigenvalue weighted by Crippen LogP contribution is -2.22. The highest BCUT2D eigenvalue weighted by Crippen LogP contribution is 2.25. The van der Waals surface area contributed by atoms with Crippen molar-refractivity contribution >= 4 is 39.1 Å². The van der Waals surface area contributed by atoms with Gasteiger partial charge in [-0.25, -0.2) is 4.68 Å². The van der Waals surface area contributed by atoms with Crippen LogP contribution in [0.4, 0.5) is 5.69 Å². The topological polar surface area (TPSA) is 51.0 Å². The zero-order valence-electron chi connectivity index (χ0n) is 9.76. The number of anilines is 1. The molecule has 0 aliphatic heterocycles. The zero-order valence-corrected chi connectivity index (χ0v) is 12.1. The van der Waals surface area contributed by atoms with Crippen LogP contribution < -0.4 is 4.90 Å². The maximum absolute atomic E-state index is 11.3. The van der Waals surface area contributed by atoms with Gasteiger partial charge in [0.05, 0.1) is 18.1 Å². The first kappa shape index (κ1) is 13.0. The normalized spacial score (nSPS) is 10.4. The van der Waals surface area contributed by atoms with Gasteiger partial charge in [-0.3, -0.25) is 9.78 Å². The predicted octanol–water partition coefficient (Wildman–Crippen LogP) is 2.67. The monoisotopic (exact) mass is 328 g/mol. The van der Waals surface area contributed by atoms with Crippen LogP contribution in [0.15, 0.2) is 29.1 Å². The maximum atomic E-state index is 11.3. The van der Waals surface area contributed by atoms with Gasteiger partial charge in [0, 0.05) is 24.6 Å². The van der Waals surface area contributed by atoms with E-state index in [2.05, 4.69) is 26.0 Å². The van der Waals surface area contributed by atoms with Crippen molar-refractivity contribution in [3.63, 3.8) is 0 Å². The van der Waals surface area contributed by atoms with E-state index in [1.54, 1.807) is 30.3 Å². The first-order valence-corrected chi connectivity index (χ1v) is 6.26. The van der Waals surface area contributed by atoms with Gasteiger partial charge in [-0.05, 0) is 22.0 Å². The molecule has 5 nitrogen and oxygen atoms in total. The smallest absolute Gasteiger partial charge is 0.223 e. The molecule has 0 aliphatic carbocycles. The Labute approximate surface area is 118 Å². The molecule has 0 bridgehead atoms. The molecular formula is C11H10BrClN4O. The van der Waals surface area contributed by atoms with Crippen molar-refractivity contribution in [2.24, 2.45) is 0 Å². The first-order chi connectivity index (χ1) is 8.49. The Bertz CT molecular complexity index is 598. The summed E-state index contributed by atoms with van der Waals surface area (Å²) >= 11 is 9.35. The summed E-state index contributed by atoms with van der Waals surface area (Å²) in [6, 6.07) is 1.86. The van der Waals surface area contributed by atoms with Crippen molar-refractivity contribution in [1.29, 1.82) is 0 Å². The molecule has 2 aromatic rings. The van der Waals surface area contributed by atoms with Crippen LogP contribution in [-0.2, 0) is 4.79 Å². The number of halogens is 2. The van der Waals surface area contributed by atoms with E-state index in [0.29, 0.717) is 5.69 Å². The van der Waals surface area contributed by atoms with Crippen molar-refractivity contribution in [2.45, 2.75) is 6.92 Å². The Morgan fingerprint density at radius 1 is 1.50 bits per heavy atom. The molecular weight excluding hydrogens is 320 g/mol. The minimum Gasteiger partial charge on any atom is -0.312 e. The summed E-state index contributed by atoms with van der Waals surface area (Å²) in [5.74, 6) is -0.108. The number of carbonyl (C=O) groups excluding carboxylic acids is 1. The van der Waals surface area contributed by atoms with E-state index in [-0.39, 0.29) is 11.1 Å². The average molecular weight is 330 g/mol. The van der Waals surface area contributed by atoms with E-state index in [4.69, 9.17) is 11.6 Å². The molecule has 0 aromatic carbocycles. The quantitative estimate of drug-likeness (QED) is 0.851. The van der Waals surface area contributed by atoms with E-state index < -0.39 is 0 Å². The summed E-state index contributed by atoms with van der Waals surface area (Å²) in [5.41, 5.74) is 1.32. The number of pyridine rings is 1. The Balaban J connectivity index is 2.43. The second-order valence-corrected chi connectivity index (χ2v) is 4.96. The summed E-state index contributed by atoms with van der Waals surface area (Å²) < 4.78 is 2.42. The van der Waals surface area contributed by atoms with Crippen LogP contribution in [0.2, 0.25) is 5.15 Å². The maximum Gasteiger partial charge on any atom is 0.223 e. The van der Waals surface area contributed by atoms with Crippen LogP contribution in [-0.4, -0.2) is 27.7 Å². The number of nitrogens with zero attached hydrogens (tertiary/aromatic N) is 4. The van der Waals surface area contributed by atoms with Crippen LogP contribution in [0.3, 0.4) is 0 Å². The summed E-state index contributed by atoms with van der Waals surface area (Å²) in [4.78, 5) is 16.8. The van der Waals surface area contributed by atoms with Gasteiger partial charge in [-0.15, -0.1) is 0 Å². The van der Waals surface area contributed by atoms with E-state index >= 15 is 0 Å². The summed E-state index contributed by atoms with van der Waals surface area (Å²) in [7, 11) is 1.65. The molecule has 7 heteroatoms. The molecule has 0 fully saturated rings. The summed E-state index contributed by atoms with van der Waals surface area (Å²) in [6.45, 7) is 1.47. The lowest BCUT2D eigenvalue weighted by molar-refractivity contribution is -0.116. The fraction of sp³-hybridized carbons (Fsp3) is 0.182. The number of hydrogen-bond acceptors (Lipinski definition) is 3. The van der Waals surface area contributed by atoms with Crippen molar-refractivity contribution in [1.82, 2.24) is 14.8 Å². The largest absolute Gasteiger partial charge is 0.312 e. The van der Waals surface area contributed by atoms with Crippen LogP contribution in [0.25, 0.3) is 5.69 Å². The van der Waals surface area contributed by atoms with Crippen LogP contribution >= 0.6 is 27.5 Å². The molecule has 0 N–H and O–H groups in total. The molecule has 2 heterocycles. The van der Waals surface area contributed by atoms with Crippen LogP contribution in [0.5, 0.6) is 0 Å². The SMILES string of the molecule is CC(=O)N(C)c1cn(-c2cncc(Br)c2)nc1Cl. The fourth-order valence-electron chi connectivity index (χ4n) is 1.40. The number of hydrogen-bond donors (Lipinski definition) is 0. The van der Waals surface area contributed by atoms with Gasteiger partial charge in [-0.1, -0.05) is 11.6 Å². The molecule has 0 aliphatic rings. The van der Waals surface area contributed by atoms with Crippen molar-refractivity contribution in [3.8, 4) is 5.69 Å². The fourth-order valence-corrected chi connectivity index (χ4v) is 2.01. The van der Waals surface area contributed by atoms with Crippen LogP contribution in [0.1, 0.15) is 6.92 Å². The highest BCUT2D eigenvalue weighted by atomic mass is 79.9. The van der Waals surface area contributed by atoms with Gasteiger partial charge in [0.2, 0.25) is 5.91 Å². The third-order valence-electron chi connectivity index (χ3n) is 2.44. The van der Waals surface area contributed by atoms with Gasteiger partial charge in [0.1, 0.15) is 5.69 Å². The van der Waals surface area contributed by atoms with Gasteiger partial charge < -0.3 is 4.90 Å². The lowest BCUT2D eigenvalue weighted by Gasteiger charge is -2.11. The second-order valence-electron chi connectivity index (χ2n) is 3.69. The van der Waals surface area contributed by atoms with Gasteiger partial charge in [-0.2, -0.15) is 5.10 Å². The molecule has 18 heavy (non-hydrogen) atoms. The van der Waals surface area contributed by atoms with E-state index in [0.717, 1.165) is 10.2 Å². The highest BCUT2D eigenvalue weighted by molar-refractivity contribution is 9.10. The molecule has 0 spiro atoms. The highest BCUT2D eigenvalue weighted by Gasteiger charge is 2.15. The van der Waals surface area contributed by atoms with Crippen molar-refractivity contribution in [3.05, 3.63) is 34.3 Å². The summed E-state index contributed by atoms with van der Waals surface area (Å²) in [6.07, 6.45) is 5.02. The Morgan fingerprint density at radius 3 is 2.83 bits per heavy atom. The first-order valence-electron chi connectivity index (χ1n) is 5.09. The second kappa shape index (κ2) is 5.07. The number of aromatic nitrogens is 3. The number of amides is 1.